The monoisotopic (exact) mass is 349 g/mol. The molecule has 0 unspecified atom stereocenters. The van der Waals surface area contributed by atoms with Gasteiger partial charge in [0.25, 0.3) is 5.91 Å². The van der Waals surface area contributed by atoms with Crippen LogP contribution in [0.15, 0.2) is 33.4 Å². The zero-order valence-corrected chi connectivity index (χ0v) is 13.8. The van der Waals surface area contributed by atoms with Gasteiger partial charge in [-0.2, -0.15) is 0 Å². The van der Waals surface area contributed by atoms with Gasteiger partial charge in [0.05, 0.1) is 3.79 Å². The lowest BCUT2D eigenvalue weighted by Gasteiger charge is -2.17. The van der Waals surface area contributed by atoms with Crippen molar-refractivity contribution in [1.29, 1.82) is 0 Å². The summed E-state index contributed by atoms with van der Waals surface area (Å²) in [6.45, 7) is 0.651. The number of hydrogen-bond donors (Lipinski definition) is 0. The van der Waals surface area contributed by atoms with E-state index in [0.717, 1.165) is 22.2 Å². The first-order valence-electron chi connectivity index (χ1n) is 6.73. The molecule has 1 aliphatic rings. The second-order valence-electron chi connectivity index (χ2n) is 5.26. The zero-order valence-electron chi connectivity index (χ0n) is 11.4. The molecule has 2 aromatic rings. The Morgan fingerprint density at radius 1 is 1.30 bits per heavy atom. The molecule has 104 valence electrons. The van der Waals surface area contributed by atoms with Crippen molar-refractivity contribution in [2.75, 3.05) is 7.05 Å². The molecule has 1 aromatic heterocycles. The van der Waals surface area contributed by atoms with Gasteiger partial charge in [-0.25, -0.2) is 0 Å². The van der Waals surface area contributed by atoms with Gasteiger partial charge in [-0.05, 0) is 75.5 Å². The first-order chi connectivity index (χ1) is 9.63. The highest BCUT2D eigenvalue weighted by Gasteiger charge is 2.16. The summed E-state index contributed by atoms with van der Waals surface area (Å²) < 4.78 is 1.10. The van der Waals surface area contributed by atoms with E-state index in [4.69, 9.17) is 0 Å². The van der Waals surface area contributed by atoms with E-state index < -0.39 is 0 Å². The van der Waals surface area contributed by atoms with Crippen molar-refractivity contribution in [2.24, 2.45) is 0 Å². The molecule has 0 aliphatic heterocycles. The van der Waals surface area contributed by atoms with Crippen molar-refractivity contribution in [3.05, 3.63) is 55.7 Å². The van der Waals surface area contributed by atoms with E-state index in [1.54, 1.807) is 16.2 Å². The molecule has 0 saturated heterocycles. The van der Waals surface area contributed by atoms with E-state index in [2.05, 4.69) is 39.5 Å². The minimum atomic E-state index is 0.0991. The van der Waals surface area contributed by atoms with Gasteiger partial charge in [-0.1, -0.05) is 6.07 Å². The number of carbonyl (C=O) groups is 1. The predicted molar refractivity (Wildman–Crippen MR) is 86.3 cm³/mol. The molecule has 0 radical (unpaired) electrons. The number of thiophene rings is 1. The molecule has 0 bridgehead atoms. The Hall–Kier alpha value is -1.13. The summed E-state index contributed by atoms with van der Waals surface area (Å²) in [5.41, 5.74) is 4.73. The number of fused-ring (bicyclic) bond motifs is 1. The van der Waals surface area contributed by atoms with Crippen LogP contribution in [0.25, 0.3) is 0 Å². The van der Waals surface area contributed by atoms with Gasteiger partial charge in [0.15, 0.2) is 0 Å². The lowest BCUT2D eigenvalue weighted by Crippen LogP contribution is -2.26. The molecule has 0 atom stereocenters. The van der Waals surface area contributed by atoms with Crippen LogP contribution in [-0.4, -0.2) is 17.9 Å². The zero-order chi connectivity index (χ0) is 14.1. The second-order valence-corrected chi connectivity index (χ2v) is 7.55. The average Bonchev–Trinajstić information content (AvgIpc) is 3.05. The Morgan fingerprint density at radius 2 is 2.10 bits per heavy atom. The molecule has 1 amide bonds. The van der Waals surface area contributed by atoms with Crippen LogP contribution in [0.2, 0.25) is 0 Å². The lowest BCUT2D eigenvalue weighted by molar-refractivity contribution is 0.0785. The third-order valence-corrected chi connectivity index (χ3v) is 5.29. The van der Waals surface area contributed by atoms with Crippen LogP contribution in [0.1, 0.15) is 33.5 Å². The van der Waals surface area contributed by atoms with Crippen LogP contribution in [0.3, 0.4) is 0 Å². The topological polar surface area (TPSA) is 20.3 Å². The van der Waals surface area contributed by atoms with Crippen molar-refractivity contribution < 1.29 is 4.79 Å². The van der Waals surface area contributed by atoms with Crippen LogP contribution >= 0.6 is 27.3 Å². The second kappa shape index (κ2) is 5.70. The Labute approximate surface area is 131 Å². The number of amides is 1. The Bertz CT molecular complexity index is 650. The van der Waals surface area contributed by atoms with Crippen LogP contribution in [-0.2, 0) is 19.4 Å². The quantitative estimate of drug-likeness (QED) is 0.810. The molecule has 2 nitrogen and oxygen atoms in total. The number of benzene rings is 1. The largest absolute Gasteiger partial charge is 0.337 e. The standard InChI is InChI=1S/C16H16BrNOS/c1-18(9-11-7-15(17)20-10-11)16(19)14-6-5-12-3-2-4-13(12)8-14/h5-8,10H,2-4,9H2,1H3. The smallest absolute Gasteiger partial charge is 0.253 e. The highest BCUT2D eigenvalue weighted by molar-refractivity contribution is 9.11. The lowest BCUT2D eigenvalue weighted by atomic mass is 10.1. The normalized spacial score (nSPS) is 13.3. The van der Waals surface area contributed by atoms with E-state index >= 15 is 0 Å². The van der Waals surface area contributed by atoms with Gasteiger partial charge in [-0.3, -0.25) is 4.79 Å². The number of halogens is 1. The van der Waals surface area contributed by atoms with Crippen molar-refractivity contribution in [1.82, 2.24) is 4.90 Å². The maximum absolute atomic E-state index is 12.5. The fourth-order valence-electron chi connectivity index (χ4n) is 2.70. The summed E-state index contributed by atoms with van der Waals surface area (Å²) in [4.78, 5) is 14.3. The molecular formula is C16H16BrNOS. The van der Waals surface area contributed by atoms with Crippen LogP contribution in [0.4, 0.5) is 0 Å². The molecule has 0 fully saturated rings. The number of carbonyl (C=O) groups excluding carboxylic acids is 1. The first-order valence-corrected chi connectivity index (χ1v) is 8.41. The van der Waals surface area contributed by atoms with Gasteiger partial charge >= 0.3 is 0 Å². The fraction of sp³-hybridized carbons (Fsp3) is 0.312. The summed E-state index contributed by atoms with van der Waals surface area (Å²) in [7, 11) is 1.86. The maximum atomic E-state index is 12.5. The van der Waals surface area contributed by atoms with Crippen LogP contribution in [0, 0.1) is 0 Å². The van der Waals surface area contributed by atoms with E-state index in [9.17, 15) is 4.79 Å². The summed E-state index contributed by atoms with van der Waals surface area (Å²) in [6.07, 6.45) is 3.48. The van der Waals surface area contributed by atoms with Crippen molar-refractivity contribution in [3.63, 3.8) is 0 Å². The summed E-state index contributed by atoms with van der Waals surface area (Å²) in [5.74, 6) is 0.0991. The van der Waals surface area contributed by atoms with E-state index in [0.29, 0.717) is 6.54 Å². The Morgan fingerprint density at radius 3 is 2.85 bits per heavy atom. The predicted octanol–water partition coefficient (Wildman–Crippen LogP) is 4.27. The fourth-order valence-corrected chi connectivity index (χ4v) is 3.90. The first kappa shape index (κ1) is 13.8. The molecule has 0 N–H and O–H groups in total. The van der Waals surface area contributed by atoms with E-state index in [-0.39, 0.29) is 5.91 Å². The molecule has 1 aliphatic carbocycles. The Kier molecular flexibility index (Phi) is 3.94. The molecule has 20 heavy (non-hydrogen) atoms. The van der Waals surface area contributed by atoms with E-state index in [1.807, 2.05) is 13.1 Å². The van der Waals surface area contributed by atoms with Crippen molar-refractivity contribution in [3.8, 4) is 0 Å². The number of aryl methyl sites for hydroxylation is 2. The SMILES string of the molecule is CN(Cc1csc(Br)c1)C(=O)c1ccc2c(c1)CCC2. The minimum Gasteiger partial charge on any atom is -0.337 e. The average molecular weight is 350 g/mol. The van der Waals surface area contributed by atoms with Gasteiger partial charge in [0.1, 0.15) is 0 Å². The maximum Gasteiger partial charge on any atom is 0.253 e. The molecular weight excluding hydrogens is 334 g/mol. The number of hydrogen-bond acceptors (Lipinski definition) is 2. The highest BCUT2D eigenvalue weighted by Crippen LogP contribution is 2.24. The van der Waals surface area contributed by atoms with Gasteiger partial charge in [0.2, 0.25) is 0 Å². The number of rotatable bonds is 3. The molecule has 3 rings (SSSR count). The van der Waals surface area contributed by atoms with Crippen LogP contribution in [0.5, 0.6) is 0 Å². The molecule has 1 heterocycles. The van der Waals surface area contributed by atoms with E-state index in [1.165, 1.54) is 23.1 Å². The van der Waals surface area contributed by atoms with Crippen molar-refractivity contribution >= 4 is 33.2 Å². The Balaban J connectivity index is 1.74. The molecule has 4 heteroatoms. The minimum absolute atomic E-state index is 0.0991. The summed E-state index contributed by atoms with van der Waals surface area (Å²) in [5, 5.41) is 2.08. The molecule has 0 saturated carbocycles. The summed E-state index contributed by atoms with van der Waals surface area (Å²) >= 11 is 5.10. The number of nitrogens with zero attached hydrogens (tertiary/aromatic N) is 1. The molecule has 1 aromatic carbocycles. The van der Waals surface area contributed by atoms with Crippen LogP contribution < -0.4 is 0 Å². The van der Waals surface area contributed by atoms with Gasteiger partial charge < -0.3 is 4.90 Å². The third kappa shape index (κ3) is 2.81. The van der Waals surface area contributed by atoms with Crippen molar-refractivity contribution in [2.45, 2.75) is 25.8 Å². The third-order valence-electron chi connectivity index (χ3n) is 3.73. The van der Waals surface area contributed by atoms with Gasteiger partial charge in [0, 0.05) is 19.2 Å². The highest BCUT2D eigenvalue weighted by atomic mass is 79.9. The summed E-state index contributed by atoms with van der Waals surface area (Å²) in [6, 6.07) is 8.22. The molecule has 0 spiro atoms. The van der Waals surface area contributed by atoms with Gasteiger partial charge in [-0.15, -0.1) is 11.3 Å².